The van der Waals surface area contributed by atoms with Gasteiger partial charge >= 0.3 is 0 Å². The molecule has 1 saturated heterocycles. The number of nitrogens with two attached hydrogens (primary N) is 1. The minimum absolute atomic E-state index is 0.0190. The molecule has 0 amide bonds. The third-order valence-electron chi connectivity index (χ3n) is 4.56. The van der Waals surface area contributed by atoms with Crippen molar-refractivity contribution in [2.75, 3.05) is 18.9 Å². The zero-order chi connectivity index (χ0) is 17.7. The second-order valence-electron chi connectivity index (χ2n) is 7.57. The van der Waals surface area contributed by atoms with E-state index in [9.17, 15) is 9.50 Å². The fraction of sp³-hybridized carbons (Fsp3) is 0.556. The number of benzene rings is 1. The average molecular weight is 336 g/mol. The predicted octanol–water partition coefficient (Wildman–Crippen LogP) is 2.78. The molecule has 1 aliphatic rings. The third-order valence-corrected chi connectivity index (χ3v) is 4.56. The first kappa shape index (κ1) is 17.2. The Bertz CT molecular complexity index is 767. The lowest BCUT2D eigenvalue weighted by Crippen LogP contribution is -2.29. The van der Waals surface area contributed by atoms with Gasteiger partial charge in [0.2, 0.25) is 0 Å². The van der Waals surface area contributed by atoms with Gasteiger partial charge < -0.3 is 24.9 Å². The highest BCUT2D eigenvalue weighted by Gasteiger charge is 2.34. The van der Waals surface area contributed by atoms with E-state index >= 15 is 0 Å². The van der Waals surface area contributed by atoms with Crippen molar-refractivity contribution in [1.82, 2.24) is 4.57 Å². The van der Waals surface area contributed by atoms with Crippen LogP contribution in [0.15, 0.2) is 18.2 Å². The molecule has 6 heteroatoms. The number of halogens is 1. The van der Waals surface area contributed by atoms with E-state index in [0.29, 0.717) is 13.2 Å². The number of nitrogen functional groups attached to an aromatic ring is 1. The Labute approximate surface area is 141 Å². The van der Waals surface area contributed by atoms with Crippen LogP contribution in [-0.2, 0) is 21.4 Å². The molecule has 1 atom stereocenters. The maximum atomic E-state index is 14.0. The minimum Gasteiger partial charge on any atom is -0.396 e. The average Bonchev–Trinajstić information content (AvgIpc) is 3.01. The van der Waals surface area contributed by atoms with Crippen LogP contribution in [0.3, 0.4) is 0 Å². The lowest BCUT2D eigenvalue weighted by Gasteiger charge is -2.26. The van der Waals surface area contributed by atoms with E-state index in [1.807, 2.05) is 38.3 Å². The quantitative estimate of drug-likeness (QED) is 0.843. The molecule has 1 fully saturated rings. The molecule has 132 valence electrons. The number of aliphatic hydroxyl groups is 1. The van der Waals surface area contributed by atoms with Gasteiger partial charge in [0, 0.05) is 22.6 Å². The molecular formula is C18H25FN2O3. The summed E-state index contributed by atoms with van der Waals surface area (Å²) in [6.07, 6.45) is -0.135. The van der Waals surface area contributed by atoms with Crippen LogP contribution in [0, 0.1) is 5.82 Å². The number of anilines is 1. The number of aliphatic hydroxyl groups excluding tert-OH is 1. The van der Waals surface area contributed by atoms with Crippen molar-refractivity contribution in [3.05, 3.63) is 29.7 Å². The van der Waals surface area contributed by atoms with E-state index in [1.165, 1.54) is 6.07 Å². The molecule has 3 rings (SSSR count). The fourth-order valence-corrected chi connectivity index (χ4v) is 3.20. The van der Waals surface area contributed by atoms with Crippen molar-refractivity contribution < 1.29 is 19.0 Å². The topological polar surface area (TPSA) is 69.6 Å². The lowest BCUT2D eigenvalue weighted by molar-refractivity contribution is -0.139. The number of hydrogen-bond acceptors (Lipinski definition) is 4. The zero-order valence-corrected chi connectivity index (χ0v) is 14.6. The van der Waals surface area contributed by atoms with Crippen LogP contribution in [0.25, 0.3) is 10.9 Å². The van der Waals surface area contributed by atoms with E-state index in [-0.39, 0.29) is 18.4 Å². The van der Waals surface area contributed by atoms with Gasteiger partial charge in [0.15, 0.2) is 5.79 Å². The maximum Gasteiger partial charge on any atom is 0.163 e. The van der Waals surface area contributed by atoms with Gasteiger partial charge in [-0.3, -0.25) is 0 Å². The maximum absolute atomic E-state index is 14.0. The summed E-state index contributed by atoms with van der Waals surface area (Å²) in [5, 5.41) is 10.6. The monoisotopic (exact) mass is 336 g/mol. The van der Waals surface area contributed by atoms with E-state index < -0.39 is 17.0 Å². The third kappa shape index (κ3) is 3.01. The highest BCUT2D eigenvalue weighted by molar-refractivity contribution is 5.85. The summed E-state index contributed by atoms with van der Waals surface area (Å²) in [5.74, 6) is -1.06. The zero-order valence-electron chi connectivity index (χ0n) is 14.6. The highest BCUT2D eigenvalue weighted by Crippen LogP contribution is 2.33. The van der Waals surface area contributed by atoms with Crippen LogP contribution in [-0.4, -0.2) is 34.8 Å². The van der Waals surface area contributed by atoms with Gasteiger partial charge in [-0.25, -0.2) is 4.39 Å². The Hall–Kier alpha value is -1.63. The summed E-state index contributed by atoms with van der Waals surface area (Å²) in [6.45, 7) is 8.63. The van der Waals surface area contributed by atoms with E-state index in [4.69, 9.17) is 15.2 Å². The largest absolute Gasteiger partial charge is 0.396 e. The van der Waals surface area contributed by atoms with Crippen molar-refractivity contribution in [3.8, 4) is 0 Å². The van der Waals surface area contributed by atoms with Crippen molar-refractivity contribution in [3.63, 3.8) is 0 Å². The van der Waals surface area contributed by atoms with Crippen LogP contribution < -0.4 is 5.73 Å². The van der Waals surface area contributed by atoms with Gasteiger partial charge in [-0.05, 0) is 26.0 Å². The molecule has 1 unspecified atom stereocenters. The molecule has 0 saturated carbocycles. The molecule has 1 aliphatic heterocycles. The van der Waals surface area contributed by atoms with Gasteiger partial charge in [-0.2, -0.15) is 0 Å². The molecule has 0 bridgehead atoms. The number of fused-ring (bicyclic) bond motifs is 1. The Morgan fingerprint density at radius 2 is 2.08 bits per heavy atom. The second-order valence-corrected chi connectivity index (χ2v) is 7.57. The molecule has 2 heterocycles. The summed E-state index contributed by atoms with van der Waals surface area (Å²) >= 11 is 0. The molecule has 5 nitrogen and oxygen atoms in total. The number of hydrogen-bond donors (Lipinski definition) is 2. The van der Waals surface area contributed by atoms with E-state index in [0.717, 1.165) is 16.6 Å². The molecule has 2 aromatic rings. The van der Waals surface area contributed by atoms with Crippen molar-refractivity contribution in [2.45, 2.75) is 51.5 Å². The van der Waals surface area contributed by atoms with Crippen LogP contribution in [0.1, 0.15) is 33.4 Å². The molecule has 0 aliphatic carbocycles. The molecule has 0 spiro atoms. The summed E-state index contributed by atoms with van der Waals surface area (Å²) in [5.41, 5.74) is 7.01. The molecule has 3 N–H and O–H groups in total. The van der Waals surface area contributed by atoms with Gasteiger partial charge in [-0.1, -0.05) is 13.8 Å². The fourth-order valence-electron chi connectivity index (χ4n) is 3.20. The minimum atomic E-state index is -0.615. The Morgan fingerprint density at radius 3 is 2.67 bits per heavy atom. The number of ether oxygens (including phenoxy) is 2. The summed E-state index contributed by atoms with van der Waals surface area (Å²) in [7, 11) is 0. The predicted molar refractivity (Wildman–Crippen MR) is 91.3 cm³/mol. The number of rotatable bonds is 4. The molecule has 24 heavy (non-hydrogen) atoms. The van der Waals surface area contributed by atoms with E-state index in [2.05, 4.69) is 0 Å². The van der Waals surface area contributed by atoms with Gasteiger partial charge in [0.25, 0.3) is 0 Å². The van der Waals surface area contributed by atoms with Crippen LogP contribution in [0.2, 0.25) is 0 Å². The van der Waals surface area contributed by atoms with Gasteiger partial charge in [0.05, 0.1) is 31.0 Å². The van der Waals surface area contributed by atoms with Crippen LogP contribution in [0.4, 0.5) is 10.1 Å². The Morgan fingerprint density at radius 1 is 1.38 bits per heavy atom. The van der Waals surface area contributed by atoms with Crippen molar-refractivity contribution >= 4 is 16.6 Å². The number of aromatic nitrogens is 1. The van der Waals surface area contributed by atoms with Crippen LogP contribution in [0.5, 0.6) is 0 Å². The summed E-state index contributed by atoms with van der Waals surface area (Å²) in [4.78, 5) is 0. The van der Waals surface area contributed by atoms with E-state index in [1.54, 1.807) is 6.07 Å². The molecule has 1 aromatic heterocycles. The Balaban J connectivity index is 2.09. The van der Waals surface area contributed by atoms with Crippen molar-refractivity contribution in [2.24, 2.45) is 0 Å². The lowest BCUT2D eigenvalue weighted by atomic mass is 9.90. The SMILES string of the molecule is CC1(C)OCC(Cn2c(C(C)(C)CO)cc3cc(N)c(F)cc32)O1. The first-order valence-corrected chi connectivity index (χ1v) is 8.14. The first-order chi connectivity index (χ1) is 11.1. The van der Waals surface area contributed by atoms with Crippen molar-refractivity contribution in [1.29, 1.82) is 0 Å². The second kappa shape index (κ2) is 5.72. The normalized spacial score (nSPS) is 20.8. The standard InChI is InChI=1S/C18H25FN2O3/c1-17(2,10-22)16-6-11-5-14(20)13(19)7-15(11)21(16)8-12-9-23-18(3,4)24-12/h5-7,12,22H,8-10,20H2,1-4H3. The smallest absolute Gasteiger partial charge is 0.163 e. The highest BCUT2D eigenvalue weighted by atomic mass is 19.1. The first-order valence-electron chi connectivity index (χ1n) is 8.14. The molecule has 0 radical (unpaired) electrons. The Kier molecular flexibility index (Phi) is 4.10. The molecule has 1 aromatic carbocycles. The van der Waals surface area contributed by atoms with Crippen LogP contribution >= 0.6 is 0 Å². The molecular weight excluding hydrogens is 311 g/mol. The van der Waals surface area contributed by atoms with Gasteiger partial charge in [-0.15, -0.1) is 0 Å². The van der Waals surface area contributed by atoms with Gasteiger partial charge in [0.1, 0.15) is 11.9 Å². The number of nitrogens with zero attached hydrogens (tertiary/aromatic N) is 1. The summed E-state index contributed by atoms with van der Waals surface area (Å²) in [6, 6.07) is 5.04. The summed E-state index contributed by atoms with van der Waals surface area (Å²) < 4.78 is 27.5.